The molecule has 3 fully saturated rings. The second kappa shape index (κ2) is 6.31. The summed E-state index contributed by atoms with van der Waals surface area (Å²) in [6.07, 6.45) is 9.49. The number of Topliss-reactive ketones (excluding diaryl/α,β-unsaturated/α-hetero) is 1. The molecule has 0 saturated heterocycles. The standard InChI is InChI=1S/C21H30O4/c1-20-9-8-18-16(17(20)5-6-19(20)23)4-3-14-11-15(22)7-10-21(14,18)12-25-13-24-2/h11,16-18H,3-10,12-13H2,1-2H3/t16-,17-,18-,20-,21+/m0/s1. The van der Waals surface area contributed by atoms with Crippen LogP contribution in [0.15, 0.2) is 11.6 Å². The first kappa shape index (κ1) is 17.4. The third kappa shape index (κ3) is 2.56. The Morgan fingerprint density at radius 1 is 1.08 bits per heavy atom. The van der Waals surface area contributed by atoms with Crippen molar-refractivity contribution in [2.45, 2.75) is 58.3 Å². The van der Waals surface area contributed by atoms with Crippen LogP contribution in [0.1, 0.15) is 58.3 Å². The van der Waals surface area contributed by atoms with Crippen molar-refractivity contribution in [3.05, 3.63) is 11.6 Å². The molecule has 0 spiro atoms. The maximum absolute atomic E-state index is 12.5. The lowest BCUT2D eigenvalue weighted by molar-refractivity contribution is -0.138. The van der Waals surface area contributed by atoms with E-state index in [4.69, 9.17) is 9.47 Å². The molecule has 0 aromatic rings. The average Bonchev–Trinajstić information content (AvgIpc) is 2.91. The first-order valence-corrected chi connectivity index (χ1v) is 9.85. The van der Waals surface area contributed by atoms with E-state index >= 15 is 0 Å². The molecule has 0 N–H and O–H groups in total. The Bertz CT molecular complexity index is 609. The molecule has 0 aromatic carbocycles. The van der Waals surface area contributed by atoms with Crippen LogP contribution < -0.4 is 0 Å². The van der Waals surface area contributed by atoms with Crippen molar-refractivity contribution < 1.29 is 19.1 Å². The van der Waals surface area contributed by atoms with E-state index in [0.29, 0.717) is 43.4 Å². The number of carbonyl (C=O) groups excluding carboxylic acids is 2. The lowest BCUT2D eigenvalue weighted by Crippen LogP contribution is -2.53. The van der Waals surface area contributed by atoms with E-state index in [1.807, 2.05) is 6.08 Å². The van der Waals surface area contributed by atoms with Gasteiger partial charge in [0.2, 0.25) is 0 Å². The zero-order valence-corrected chi connectivity index (χ0v) is 15.5. The van der Waals surface area contributed by atoms with E-state index in [9.17, 15) is 9.59 Å². The average molecular weight is 346 g/mol. The molecule has 0 bridgehead atoms. The van der Waals surface area contributed by atoms with Gasteiger partial charge in [-0.2, -0.15) is 0 Å². The summed E-state index contributed by atoms with van der Waals surface area (Å²) in [6, 6.07) is 0. The number of hydrogen-bond donors (Lipinski definition) is 0. The number of ketones is 2. The highest BCUT2D eigenvalue weighted by Crippen LogP contribution is 2.64. The molecule has 0 heterocycles. The summed E-state index contributed by atoms with van der Waals surface area (Å²) in [5.41, 5.74) is 1.21. The molecule has 5 atom stereocenters. The zero-order chi connectivity index (χ0) is 17.7. The van der Waals surface area contributed by atoms with Crippen molar-refractivity contribution in [1.82, 2.24) is 0 Å². The summed E-state index contributed by atoms with van der Waals surface area (Å²) in [7, 11) is 1.65. The van der Waals surface area contributed by atoms with Gasteiger partial charge in [-0.05, 0) is 62.4 Å². The molecule has 0 aliphatic heterocycles. The second-order valence-electron chi connectivity index (χ2n) is 8.88. The normalized spacial score (nSPS) is 43.3. The molecular weight excluding hydrogens is 316 g/mol. The van der Waals surface area contributed by atoms with Crippen molar-refractivity contribution in [3.8, 4) is 0 Å². The van der Waals surface area contributed by atoms with E-state index < -0.39 is 0 Å². The Hall–Kier alpha value is -1.00. The highest BCUT2D eigenvalue weighted by atomic mass is 16.7. The molecule has 3 saturated carbocycles. The summed E-state index contributed by atoms with van der Waals surface area (Å²) in [5, 5.41) is 0. The van der Waals surface area contributed by atoms with Gasteiger partial charge in [-0.1, -0.05) is 12.5 Å². The maximum atomic E-state index is 12.5. The van der Waals surface area contributed by atoms with Gasteiger partial charge in [0.15, 0.2) is 5.78 Å². The Labute approximate surface area is 150 Å². The van der Waals surface area contributed by atoms with Crippen LogP contribution >= 0.6 is 0 Å². The molecule has 4 aliphatic carbocycles. The molecule has 0 radical (unpaired) electrons. The fraction of sp³-hybridized carbons (Fsp3) is 0.810. The SMILES string of the molecule is COCOC[C@]12CCC(=O)C=C1CC[C@@H]1[C@@H]2CC[C@]2(C)C(=O)CC[C@@H]12. The van der Waals surface area contributed by atoms with Crippen LogP contribution in [0.3, 0.4) is 0 Å². The van der Waals surface area contributed by atoms with Crippen LogP contribution in [0.25, 0.3) is 0 Å². The molecule has 0 aromatic heterocycles. The number of carbonyl (C=O) groups is 2. The summed E-state index contributed by atoms with van der Waals surface area (Å²) in [5.74, 6) is 2.42. The van der Waals surface area contributed by atoms with Crippen LogP contribution in [0.5, 0.6) is 0 Å². The van der Waals surface area contributed by atoms with E-state index in [2.05, 4.69) is 6.92 Å². The van der Waals surface area contributed by atoms with Gasteiger partial charge in [0.05, 0.1) is 6.61 Å². The topological polar surface area (TPSA) is 52.6 Å². The largest absolute Gasteiger partial charge is 0.359 e. The monoisotopic (exact) mass is 346 g/mol. The molecule has 0 unspecified atom stereocenters. The molecule has 138 valence electrons. The second-order valence-corrected chi connectivity index (χ2v) is 8.88. The maximum Gasteiger partial charge on any atom is 0.155 e. The Balaban J connectivity index is 1.67. The Morgan fingerprint density at radius 3 is 2.72 bits per heavy atom. The van der Waals surface area contributed by atoms with Gasteiger partial charge >= 0.3 is 0 Å². The molecule has 4 aliphatic rings. The minimum absolute atomic E-state index is 0.0116. The van der Waals surface area contributed by atoms with Gasteiger partial charge in [-0.15, -0.1) is 0 Å². The number of hydrogen-bond acceptors (Lipinski definition) is 4. The highest BCUT2D eigenvalue weighted by Gasteiger charge is 2.60. The summed E-state index contributed by atoms with van der Waals surface area (Å²) < 4.78 is 11.0. The van der Waals surface area contributed by atoms with E-state index in [1.165, 1.54) is 5.57 Å². The lowest BCUT2D eigenvalue weighted by atomic mass is 9.47. The van der Waals surface area contributed by atoms with Gasteiger partial charge in [-0.3, -0.25) is 9.59 Å². The fourth-order valence-electron chi connectivity index (χ4n) is 6.71. The quantitative estimate of drug-likeness (QED) is 0.575. The highest BCUT2D eigenvalue weighted by molar-refractivity contribution is 5.91. The predicted molar refractivity (Wildman–Crippen MR) is 93.9 cm³/mol. The Morgan fingerprint density at radius 2 is 1.92 bits per heavy atom. The molecule has 4 rings (SSSR count). The van der Waals surface area contributed by atoms with Gasteiger partial charge in [-0.25, -0.2) is 0 Å². The van der Waals surface area contributed by atoms with Gasteiger partial charge in [0.1, 0.15) is 12.6 Å². The molecular formula is C21H30O4. The van der Waals surface area contributed by atoms with Gasteiger partial charge in [0.25, 0.3) is 0 Å². The van der Waals surface area contributed by atoms with Crippen molar-refractivity contribution >= 4 is 11.6 Å². The van der Waals surface area contributed by atoms with Crippen LogP contribution in [0, 0.1) is 28.6 Å². The van der Waals surface area contributed by atoms with Crippen molar-refractivity contribution in [3.63, 3.8) is 0 Å². The van der Waals surface area contributed by atoms with Crippen molar-refractivity contribution in [1.29, 1.82) is 0 Å². The van der Waals surface area contributed by atoms with Gasteiger partial charge < -0.3 is 9.47 Å². The van der Waals surface area contributed by atoms with E-state index in [0.717, 1.165) is 44.9 Å². The van der Waals surface area contributed by atoms with Crippen molar-refractivity contribution in [2.75, 3.05) is 20.5 Å². The fourth-order valence-corrected chi connectivity index (χ4v) is 6.71. The summed E-state index contributed by atoms with van der Waals surface area (Å²) in [6.45, 7) is 3.17. The lowest BCUT2D eigenvalue weighted by Gasteiger charge is -2.57. The van der Waals surface area contributed by atoms with E-state index in [1.54, 1.807) is 7.11 Å². The van der Waals surface area contributed by atoms with Gasteiger partial charge in [0, 0.05) is 30.8 Å². The summed E-state index contributed by atoms with van der Waals surface area (Å²) in [4.78, 5) is 24.6. The molecule has 0 amide bonds. The number of fused-ring (bicyclic) bond motifs is 5. The van der Waals surface area contributed by atoms with Crippen LogP contribution in [0.4, 0.5) is 0 Å². The first-order valence-electron chi connectivity index (χ1n) is 9.85. The zero-order valence-electron chi connectivity index (χ0n) is 15.5. The minimum atomic E-state index is -0.0958. The number of methoxy groups -OCH3 is 1. The van der Waals surface area contributed by atoms with Crippen LogP contribution in [0.2, 0.25) is 0 Å². The Kier molecular flexibility index (Phi) is 4.40. The number of ether oxygens (including phenoxy) is 2. The smallest absolute Gasteiger partial charge is 0.155 e. The third-order valence-corrected chi connectivity index (χ3v) is 7.96. The van der Waals surface area contributed by atoms with Crippen LogP contribution in [-0.2, 0) is 19.1 Å². The number of rotatable bonds is 4. The van der Waals surface area contributed by atoms with Crippen molar-refractivity contribution in [2.24, 2.45) is 28.6 Å². The molecule has 25 heavy (non-hydrogen) atoms. The molecule has 4 heteroatoms. The summed E-state index contributed by atoms with van der Waals surface area (Å²) >= 11 is 0. The van der Waals surface area contributed by atoms with E-state index in [-0.39, 0.29) is 16.6 Å². The predicted octanol–water partition coefficient (Wildman–Crippen LogP) is 3.69. The molecule has 4 nitrogen and oxygen atoms in total. The third-order valence-electron chi connectivity index (χ3n) is 7.96. The van der Waals surface area contributed by atoms with Crippen LogP contribution in [-0.4, -0.2) is 32.1 Å². The minimum Gasteiger partial charge on any atom is -0.359 e. The first-order chi connectivity index (χ1) is 12.0.